The molecule has 0 bridgehead atoms. The van der Waals surface area contributed by atoms with Crippen molar-refractivity contribution in [2.45, 2.75) is 19.9 Å². The molecule has 0 radical (unpaired) electrons. The van der Waals surface area contributed by atoms with E-state index < -0.39 is 0 Å². The van der Waals surface area contributed by atoms with Gasteiger partial charge in [0.25, 0.3) is 0 Å². The van der Waals surface area contributed by atoms with Crippen LogP contribution in [-0.4, -0.2) is 11.0 Å². The van der Waals surface area contributed by atoms with E-state index >= 15 is 0 Å². The molecule has 1 aromatic rings. The zero-order valence-electron chi connectivity index (χ0n) is 8.17. The molecular weight excluding hydrogens is 216 g/mol. The van der Waals surface area contributed by atoms with Crippen molar-refractivity contribution in [3.63, 3.8) is 0 Å². The summed E-state index contributed by atoms with van der Waals surface area (Å²) in [6.07, 6.45) is 0. The monoisotopic (exact) mass is 228 g/mol. The molecule has 1 aromatic carbocycles. The highest BCUT2D eigenvalue weighted by Gasteiger charge is 2.06. The number of hydrogen-bond donors (Lipinski definition) is 2. The van der Waals surface area contributed by atoms with Crippen LogP contribution in [0.15, 0.2) is 18.2 Å². The third-order valence-corrected chi connectivity index (χ3v) is 2.15. The van der Waals surface area contributed by atoms with Crippen LogP contribution in [0.5, 0.6) is 0 Å². The van der Waals surface area contributed by atoms with Gasteiger partial charge in [0.2, 0.25) is 0 Å². The van der Waals surface area contributed by atoms with Gasteiger partial charge in [-0.15, -0.1) is 0 Å². The first-order valence-electron chi connectivity index (χ1n) is 4.36. The van der Waals surface area contributed by atoms with Crippen molar-refractivity contribution >= 4 is 34.5 Å². The lowest BCUT2D eigenvalue weighted by molar-refractivity contribution is 0.899. The first kappa shape index (κ1) is 11.3. The van der Waals surface area contributed by atoms with Crippen LogP contribution in [0, 0.1) is 0 Å². The van der Waals surface area contributed by atoms with Crippen molar-refractivity contribution in [1.82, 2.24) is 0 Å². The smallest absolute Gasteiger partial charge is 0.106 e. The normalized spacial score (nSPS) is 10.3. The van der Waals surface area contributed by atoms with Crippen molar-refractivity contribution in [1.29, 1.82) is 0 Å². The van der Waals surface area contributed by atoms with Gasteiger partial charge in [0, 0.05) is 22.3 Å². The summed E-state index contributed by atoms with van der Waals surface area (Å²) in [6.45, 7) is 4.09. The largest absolute Gasteiger partial charge is 0.389 e. The molecule has 0 aliphatic carbocycles. The number of thiocarbonyl (C=S) groups is 1. The lowest BCUT2D eigenvalue weighted by Gasteiger charge is -2.14. The number of nitrogens with one attached hydrogen (secondary N) is 1. The second-order valence-electron chi connectivity index (χ2n) is 3.35. The van der Waals surface area contributed by atoms with Crippen molar-refractivity contribution in [3.8, 4) is 0 Å². The number of rotatable bonds is 3. The first-order chi connectivity index (χ1) is 6.50. The molecule has 0 saturated carbocycles. The Balaban J connectivity index is 3.09. The van der Waals surface area contributed by atoms with Gasteiger partial charge in [-0.3, -0.25) is 0 Å². The van der Waals surface area contributed by atoms with E-state index in [0.717, 1.165) is 11.3 Å². The quantitative estimate of drug-likeness (QED) is 0.782. The van der Waals surface area contributed by atoms with Crippen LogP contribution in [0.25, 0.3) is 0 Å². The molecule has 0 fully saturated rings. The fraction of sp³-hybridized carbons (Fsp3) is 0.300. The summed E-state index contributed by atoms with van der Waals surface area (Å²) in [5.74, 6) is 0. The van der Waals surface area contributed by atoms with E-state index in [-0.39, 0.29) is 0 Å². The highest BCUT2D eigenvalue weighted by atomic mass is 35.5. The van der Waals surface area contributed by atoms with Gasteiger partial charge in [0.1, 0.15) is 4.99 Å². The lowest BCUT2D eigenvalue weighted by atomic mass is 10.1. The van der Waals surface area contributed by atoms with Crippen LogP contribution >= 0.6 is 23.8 Å². The summed E-state index contributed by atoms with van der Waals surface area (Å²) in [5.41, 5.74) is 7.31. The molecule has 0 heterocycles. The van der Waals surface area contributed by atoms with Gasteiger partial charge in [-0.05, 0) is 32.0 Å². The van der Waals surface area contributed by atoms with Gasteiger partial charge < -0.3 is 11.1 Å². The molecule has 0 saturated heterocycles. The van der Waals surface area contributed by atoms with Gasteiger partial charge >= 0.3 is 0 Å². The fourth-order valence-electron chi connectivity index (χ4n) is 1.16. The molecule has 0 aliphatic rings. The Bertz CT molecular complexity index is 350. The third kappa shape index (κ3) is 2.86. The van der Waals surface area contributed by atoms with E-state index in [0.29, 0.717) is 16.1 Å². The van der Waals surface area contributed by atoms with Crippen molar-refractivity contribution in [3.05, 3.63) is 28.8 Å². The van der Waals surface area contributed by atoms with E-state index in [1.807, 2.05) is 26.0 Å². The standard InChI is InChI=1S/C10H13ClN2S/c1-6(2)13-9-5-7(11)3-4-8(9)10(12)14/h3-6,13H,1-2H3,(H2,12,14). The Morgan fingerprint density at radius 2 is 2.14 bits per heavy atom. The highest BCUT2D eigenvalue weighted by molar-refractivity contribution is 7.80. The number of anilines is 1. The predicted molar refractivity (Wildman–Crippen MR) is 66.1 cm³/mol. The zero-order chi connectivity index (χ0) is 10.7. The SMILES string of the molecule is CC(C)Nc1cc(Cl)ccc1C(N)=S. The Labute approximate surface area is 94.4 Å². The summed E-state index contributed by atoms with van der Waals surface area (Å²) in [6, 6.07) is 5.76. The maximum atomic E-state index is 5.88. The Morgan fingerprint density at radius 3 is 2.64 bits per heavy atom. The van der Waals surface area contributed by atoms with E-state index in [4.69, 9.17) is 29.6 Å². The van der Waals surface area contributed by atoms with Gasteiger partial charge in [0.15, 0.2) is 0 Å². The number of nitrogens with two attached hydrogens (primary N) is 1. The highest BCUT2D eigenvalue weighted by Crippen LogP contribution is 2.21. The summed E-state index contributed by atoms with van der Waals surface area (Å²) < 4.78 is 0. The van der Waals surface area contributed by atoms with Crippen LogP contribution in [0.4, 0.5) is 5.69 Å². The molecule has 2 nitrogen and oxygen atoms in total. The fourth-order valence-corrected chi connectivity index (χ4v) is 1.51. The lowest BCUT2D eigenvalue weighted by Crippen LogP contribution is -2.16. The average molecular weight is 229 g/mol. The van der Waals surface area contributed by atoms with Crippen LogP contribution in [0.3, 0.4) is 0 Å². The summed E-state index contributed by atoms with van der Waals surface area (Å²) in [7, 11) is 0. The molecule has 0 aromatic heterocycles. The molecule has 0 atom stereocenters. The molecule has 3 N–H and O–H groups in total. The van der Waals surface area contributed by atoms with Crippen LogP contribution in [0.2, 0.25) is 5.02 Å². The maximum Gasteiger partial charge on any atom is 0.106 e. The van der Waals surface area contributed by atoms with Gasteiger partial charge in [-0.2, -0.15) is 0 Å². The van der Waals surface area contributed by atoms with Crippen LogP contribution in [-0.2, 0) is 0 Å². The van der Waals surface area contributed by atoms with Gasteiger partial charge in [-0.25, -0.2) is 0 Å². The van der Waals surface area contributed by atoms with Gasteiger partial charge in [-0.1, -0.05) is 23.8 Å². The summed E-state index contributed by atoms with van der Waals surface area (Å²) in [4.78, 5) is 0.379. The summed E-state index contributed by atoms with van der Waals surface area (Å²) >= 11 is 10.8. The minimum absolute atomic E-state index is 0.321. The van der Waals surface area contributed by atoms with Crippen LogP contribution < -0.4 is 11.1 Å². The number of hydrogen-bond acceptors (Lipinski definition) is 2. The van der Waals surface area contributed by atoms with Crippen molar-refractivity contribution < 1.29 is 0 Å². The topological polar surface area (TPSA) is 38.0 Å². The molecule has 14 heavy (non-hydrogen) atoms. The molecule has 0 spiro atoms. The van der Waals surface area contributed by atoms with Crippen molar-refractivity contribution in [2.75, 3.05) is 5.32 Å². The molecule has 4 heteroatoms. The maximum absolute atomic E-state index is 5.88. The number of halogens is 1. The molecule has 76 valence electrons. The van der Waals surface area contributed by atoms with E-state index in [2.05, 4.69) is 5.32 Å². The molecule has 0 aliphatic heterocycles. The Kier molecular flexibility index (Phi) is 3.72. The Morgan fingerprint density at radius 1 is 1.50 bits per heavy atom. The van der Waals surface area contributed by atoms with Gasteiger partial charge in [0.05, 0.1) is 0 Å². The van der Waals surface area contributed by atoms with Crippen LogP contribution in [0.1, 0.15) is 19.4 Å². The average Bonchev–Trinajstić information content (AvgIpc) is 2.01. The first-order valence-corrected chi connectivity index (χ1v) is 5.15. The molecule has 0 amide bonds. The molecule has 0 unspecified atom stereocenters. The molecular formula is C10H13ClN2S. The summed E-state index contributed by atoms with van der Waals surface area (Å²) in [5, 5.41) is 3.92. The second kappa shape index (κ2) is 4.62. The van der Waals surface area contributed by atoms with E-state index in [9.17, 15) is 0 Å². The predicted octanol–water partition coefficient (Wildman–Crippen LogP) is 2.79. The minimum Gasteiger partial charge on any atom is -0.389 e. The van der Waals surface area contributed by atoms with E-state index in [1.54, 1.807) is 6.07 Å². The Hall–Kier alpha value is -0.800. The number of benzene rings is 1. The van der Waals surface area contributed by atoms with E-state index in [1.165, 1.54) is 0 Å². The van der Waals surface area contributed by atoms with Crippen molar-refractivity contribution in [2.24, 2.45) is 5.73 Å². The second-order valence-corrected chi connectivity index (χ2v) is 4.23. The third-order valence-electron chi connectivity index (χ3n) is 1.69. The minimum atomic E-state index is 0.321. The molecule has 1 rings (SSSR count). The zero-order valence-corrected chi connectivity index (χ0v) is 9.75.